The van der Waals surface area contributed by atoms with E-state index in [9.17, 15) is 9.18 Å². The van der Waals surface area contributed by atoms with Gasteiger partial charge in [0.25, 0.3) is 0 Å². The number of carboxylic acid groups (broad SMARTS) is 1. The SMILES string of the molecule is Cc1cc(F)ccc1CCNCc1ncncc1C(=O)O. The van der Waals surface area contributed by atoms with Crippen molar-refractivity contribution in [1.29, 1.82) is 0 Å². The fourth-order valence-corrected chi connectivity index (χ4v) is 2.04. The molecule has 110 valence electrons. The molecule has 21 heavy (non-hydrogen) atoms. The molecule has 0 spiro atoms. The number of aromatic carboxylic acids is 1. The largest absolute Gasteiger partial charge is 0.478 e. The molecule has 2 rings (SSSR count). The first-order chi connectivity index (χ1) is 10.1. The molecular weight excluding hydrogens is 273 g/mol. The number of nitrogens with zero attached hydrogens (tertiary/aromatic N) is 2. The summed E-state index contributed by atoms with van der Waals surface area (Å²) in [7, 11) is 0. The van der Waals surface area contributed by atoms with E-state index in [-0.39, 0.29) is 11.4 Å². The Kier molecular flexibility index (Phi) is 4.94. The molecule has 1 heterocycles. The van der Waals surface area contributed by atoms with Crippen molar-refractivity contribution < 1.29 is 14.3 Å². The van der Waals surface area contributed by atoms with Crippen molar-refractivity contribution in [2.45, 2.75) is 19.9 Å². The molecule has 0 aliphatic carbocycles. The predicted molar refractivity (Wildman–Crippen MR) is 75.5 cm³/mol. The topological polar surface area (TPSA) is 75.1 Å². The standard InChI is InChI=1S/C15H16FN3O2/c1-10-6-12(16)3-2-11(10)4-5-17-8-14-13(15(20)21)7-18-9-19-14/h2-3,6-7,9,17H,4-5,8H2,1H3,(H,20,21). The van der Waals surface area contributed by atoms with Gasteiger partial charge in [-0.25, -0.2) is 19.2 Å². The third kappa shape index (κ3) is 4.06. The van der Waals surface area contributed by atoms with E-state index in [4.69, 9.17) is 5.11 Å². The molecule has 1 aromatic carbocycles. The molecule has 2 aromatic rings. The molecule has 0 fully saturated rings. The average Bonchev–Trinajstić information content (AvgIpc) is 2.45. The lowest BCUT2D eigenvalue weighted by Crippen LogP contribution is -2.20. The van der Waals surface area contributed by atoms with Gasteiger partial charge in [0.15, 0.2) is 0 Å². The third-order valence-electron chi connectivity index (χ3n) is 3.19. The lowest BCUT2D eigenvalue weighted by Gasteiger charge is -2.08. The van der Waals surface area contributed by atoms with E-state index in [0.717, 1.165) is 17.5 Å². The summed E-state index contributed by atoms with van der Waals surface area (Å²) in [6.07, 6.45) is 3.35. The smallest absolute Gasteiger partial charge is 0.339 e. The van der Waals surface area contributed by atoms with Gasteiger partial charge in [0.2, 0.25) is 0 Å². The first-order valence-electron chi connectivity index (χ1n) is 6.56. The zero-order valence-corrected chi connectivity index (χ0v) is 11.6. The maximum atomic E-state index is 13.0. The van der Waals surface area contributed by atoms with E-state index in [1.54, 1.807) is 6.07 Å². The quantitative estimate of drug-likeness (QED) is 0.795. The van der Waals surface area contributed by atoms with Crippen LogP contribution in [0.2, 0.25) is 0 Å². The molecule has 0 saturated heterocycles. The van der Waals surface area contributed by atoms with Crippen LogP contribution in [0.4, 0.5) is 4.39 Å². The van der Waals surface area contributed by atoms with Crippen LogP contribution in [0, 0.1) is 12.7 Å². The molecule has 0 aliphatic rings. The lowest BCUT2D eigenvalue weighted by atomic mass is 10.1. The van der Waals surface area contributed by atoms with Gasteiger partial charge in [-0.3, -0.25) is 0 Å². The minimum Gasteiger partial charge on any atom is -0.478 e. The van der Waals surface area contributed by atoms with E-state index < -0.39 is 5.97 Å². The molecule has 0 radical (unpaired) electrons. The van der Waals surface area contributed by atoms with Crippen LogP contribution in [0.25, 0.3) is 0 Å². The molecule has 5 nitrogen and oxygen atoms in total. The lowest BCUT2D eigenvalue weighted by molar-refractivity contribution is 0.0694. The van der Waals surface area contributed by atoms with Gasteiger partial charge in [0, 0.05) is 12.7 Å². The molecule has 0 unspecified atom stereocenters. The van der Waals surface area contributed by atoms with E-state index in [0.29, 0.717) is 18.8 Å². The Hall–Kier alpha value is -2.34. The molecule has 6 heteroatoms. The minimum atomic E-state index is -1.04. The summed E-state index contributed by atoms with van der Waals surface area (Å²) in [6, 6.07) is 4.71. The van der Waals surface area contributed by atoms with Crippen LogP contribution in [-0.4, -0.2) is 27.6 Å². The summed E-state index contributed by atoms with van der Waals surface area (Å²) in [6.45, 7) is 2.87. The Morgan fingerprint density at radius 1 is 1.43 bits per heavy atom. The molecule has 0 saturated carbocycles. The fraction of sp³-hybridized carbons (Fsp3) is 0.267. The summed E-state index contributed by atoms with van der Waals surface area (Å²) in [5, 5.41) is 12.2. The minimum absolute atomic E-state index is 0.1000. The van der Waals surface area contributed by atoms with Crippen molar-refractivity contribution in [2.75, 3.05) is 6.54 Å². The maximum Gasteiger partial charge on any atom is 0.339 e. The molecule has 0 atom stereocenters. The van der Waals surface area contributed by atoms with Gasteiger partial charge in [-0.05, 0) is 43.1 Å². The highest BCUT2D eigenvalue weighted by molar-refractivity contribution is 5.88. The van der Waals surface area contributed by atoms with Gasteiger partial charge in [0.1, 0.15) is 17.7 Å². The molecule has 0 aliphatic heterocycles. The number of rotatable bonds is 6. The van der Waals surface area contributed by atoms with Gasteiger partial charge in [-0.2, -0.15) is 0 Å². The van der Waals surface area contributed by atoms with Crippen molar-refractivity contribution in [3.8, 4) is 0 Å². The third-order valence-corrected chi connectivity index (χ3v) is 3.19. The fourth-order valence-electron chi connectivity index (χ4n) is 2.04. The van der Waals surface area contributed by atoms with Crippen LogP contribution < -0.4 is 5.32 Å². The normalized spacial score (nSPS) is 10.6. The highest BCUT2D eigenvalue weighted by Crippen LogP contribution is 2.10. The Labute approximate surface area is 121 Å². The van der Waals surface area contributed by atoms with Crippen LogP contribution in [0.1, 0.15) is 27.2 Å². The summed E-state index contributed by atoms with van der Waals surface area (Å²) in [4.78, 5) is 18.7. The van der Waals surface area contributed by atoms with Crippen molar-refractivity contribution in [3.05, 3.63) is 58.9 Å². The van der Waals surface area contributed by atoms with Gasteiger partial charge in [0.05, 0.1) is 5.69 Å². The van der Waals surface area contributed by atoms with E-state index in [1.807, 2.05) is 6.92 Å². The second-order valence-corrected chi connectivity index (χ2v) is 4.69. The van der Waals surface area contributed by atoms with Crippen LogP contribution >= 0.6 is 0 Å². The zero-order valence-electron chi connectivity index (χ0n) is 11.6. The van der Waals surface area contributed by atoms with Crippen LogP contribution in [0.5, 0.6) is 0 Å². The van der Waals surface area contributed by atoms with Gasteiger partial charge >= 0.3 is 5.97 Å². The number of halogens is 1. The Morgan fingerprint density at radius 2 is 2.24 bits per heavy atom. The summed E-state index contributed by atoms with van der Waals surface area (Å²) in [5.41, 5.74) is 2.52. The van der Waals surface area contributed by atoms with Crippen molar-refractivity contribution >= 4 is 5.97 Å². The summed E-state index contributed by atoms with van der Waals surface area (Å²) >= 11 is 0. The first-order valence-corrected chi connectivity index (χ1v) is 6.56. The highest BCUT2D eigenvalue weighted by Gasteiger charge is 2.10. The Morgan fingerprint density at radius 3 is 2.95 bits per heavy atom. The molecule has 2 N–H and O–H groups in total. The maximum absolute atomic E-state index is 13.0. The van der Waals surface area contributed by atoms with E-state index >= 15 is 0 Å². The molecular formula is C15H16FN3O2. The van der Waals surface area contributed by atoms with E-state index in [2.05, 4.69) is 15.3 Å². The number of aromatic nitrogens is 2. The first kappa shape index (κ1) is 15.1. The molecule has 1 aromatic heterocycles. The van der Waals surface area contributed by atoms with Gasteiger partial charge in [-0.15, -0.1) is 0 Å². The van der Waals surface area contributed by atoms with E-state index in [1.165, 1.54) is 24.7 Å². The van der Waals surface area contributed by atoms with Gasteiger partial charge < -0.3 is 10.4 Å². The number of nitrogens with one attached hydrogen (secondary N) is 1. The second kappa shape index (κ2) is 6.90. The predicted octanol–water partition coefficient (Wildman–Crippen LogP) is 1.95. The Bertz CT molecular complexity index is 647. The van der Waals surface area contributed by atoms with Crippen molar-refractivity contribution in [2.24, 2.45) is 0 Å². The zero-order chi connectivity index (χ0) is 15.2. The number of hydrogen-bond donors (Lipinski definition) is 2. The van der Waals surface area contributed by atoms with Crippen LogP contribution in [0.15, 0.2) is 30.7 Å². The molecule has 0 amide bonds. The Balaban J connectivity index is 1.89. The summed E-state index contributed by atoms with van der Waals surface area (Å²) < 4.78 is 13.0. The second-order valence-electron chi connectivity index (χ2n) is 4.69. The van der Waals surface area contributed by atoms with Gasteiger partial charge in [-0.1, -0.05) is 6.07 Å². The monoisotopic (exact) mass is 289 g/mol. The number of carboxylic acids is 1. The highest BCUT2D eigenvalue weighted by atomic mass is 19.1. The van der Waals surface area contributed by atoms with Crippen LogP contribution in [-0.2, 0) is 13.0 Å². The number of aryl methyl sites for hydroxylation is 1. The number of benzene rings is 1. The van der Waals surface area contributed by atoms with Crippen molar-refractivity contribution in [1.82, 2.24) is 15.3 Å². The number of carbonyl (C=O) groups is 1. The van der Waals surface area contributed by atoms with Crippen molar-refractivity contribution in [3.63, 3.8) is 0 Å². The average molecular weight is 289 g/mol. The summed E-state index contributed by atoms with van der Waals surface area (Å²) in [5.74, 6) is -1.28. The number of hydrogen-bond acceptors (Lipinski definition) is 4. The molecule has 0 bridgehead atoms. The van der Waals surface area contributed by atoms with Crippen LogP contribution in [0.3, 0.4) is 0 Å².